The van der Waals surface area contributed by atoms with Crippen molar-refractivity contribution in [3.05, 3.63) is 51.6 Å². The maximum absolute atomic E-state index is 11.8. The highest BCUT2D eigenvalue weighted by atomic mass is 16.6. The number of rotatable bonds is 4. The zero-order valence-electron chi connectivity index (χ0n) is 17.8. The van der Waals surface area contributed by atoms with Gasteiger partial charge in [-0.2, -0.15) is 0 Å². The van der Waals surface area contributed by atoms with E-state index in [1.165, 1.54) is 13.2 Å². The number of likely N-dealkylation sites (N-methyl/N-ethyl adjacent to an activating group) is 1. The van der Waals surface area contributed by atoms with E-state index in [0.29, 0.717) is 22.8 Å². The van der Waals surface area contributed by atoms with Gasteiger partial charge in [0.15, 0.2) is 0 Å². The molecule has 0 saturated heterocycles. The van der Waals surface area contributed by atoms with Crippen LogP contribution in [0.5, 0.6) is 23.0 Å². The summed E-state index contributed by atoms with van der Waals surface area (Å²) in [4.78, 5) is 13.3. The number of benzene rings is 2. The first-order valence-electron chi connectivity index (χ1n) is 9.45. The second kappa shape index (κ2) is 6.55. The van der Waals surface area contributed by atoms with Gasteiger partial charge in [-0.3, -0.25) is 10.1 Å². The van der Waals surface area contributed by atoms with Crippen LogP contribution >= 0.6 is 0 Å². The number of hydrogen-bond donors (Lipinski definition) is 0. The van der Waals surface area contributed by atoms with Crippen LogP contribution in [0, 0.1) is 10.1 Å². The maximum atomic E-state index is 11.8. The molecule has 4 rings (SSSR count). The molecule has 30 heavy (non-hydrogen) atoms. The minimum Gasteiger partial charge on any atom is -0.497 e. The number of fused-ring (bicyclic) bond motifs is 2. The van der Waals surface area contributed by atoms with E-state index in [9.17, 15) is 10.1 Å². The quantitative estimate of drug-likeness (QED) is 0.551. The Morgan fingerprint density at radius 1 is 1.03 bits per heavy atom. The SMILES string of the molecule is COc1cc(OC)c2c(c1)N(C)[C@]1(C=Cc3cc(OC)cc([N+](=O)[O-])c3O1)C2(C)C. The van der Waals surface area contributed by atoms with Crippen molar-refractivity contribution in [1.29, 1.82) is 0 Å². The lowest BCUT2D eigenvalue weighted by Crippen LogP contribution is -2.58. The first-order chi connectivity index (χ1) is 14.2. The molecule has 0 N–H and O–H groups in total. The van der Waals surface area contributed by atoms with Gasteiger partial charge in [-0.25, -0.2) is 0 Å². The Hall–Kier alpha value is -3.42. The second-order valence-corrected chi connectivity index (χ2v) is 7.86. The Bertz CT molecular complexity index is 1080. The van der Waals surface area contributed by atoms with Crippen molar-refractivity contribution in [3.63, 3.8) is 0 Å². The van der Waals surface area contributed by atoms with Crippen molar-refractivity contribution in [3.8, 4) is 23.0 Å². The zero-order valence-corrected chi connectivity index (χ0v) is 17.8. The van der Waals surface area contributed by atoms with Crippen LogP contribution in [0.1, 0.15) is 25.0 Å². The van der Waals surface area contributed by atoms with Gasteiger partial charge in [0, 0.05) is 30.3 Å². The molecule has 8 heteroatoms. The molecule has 158 valence electrons. The first kappa shape index (κ1) is 19.9. The summed E-state index contributed by atoms with van der Waals surface area (Å²) < 4.78 is 22.8. The van der Waals surface area contributed by atoms with Crippen LogP contribution in [0.25, 0.3) is 6.08 Å². The molecular weight excluding hydrogens is 388 g/mol. The Morgan fingerprint density at radius 2 is 1.70 bits per heavy atom. The minimum absolute atomic E-state index is 0.141. The average molecular weight is 412 g/mol. The zero-order chi connectivity index (χ0) is 21.8. The van der Waals surface area contributed by atoms with Crippen molar-refractivity contribution < 1.29 is 23.9 Å². The highest BCUT2D eigenvalue weighted by Crippen LogP contribution is 2.59. The number of hydrogen-bond acceptors (Lipinski definition) is 7. The van der Waals surface area contributed by atoms with E-state index in [1.807, 2.05) is 50.1 Å². The molecule has 1 atom stereocenters. The largest absolute Gasteiger partial charge is 0.497 e. The lowest BCUT2D eigenvalue weighted by Gasteiger charge is -2.45. The van der Waals surface area contributed by atoms with E-state index < -0.39 is 16.1 Å². The van der Waals surface area contributed by atoms with Crippen molar-refractivity contribution >= 4 is 17.5 Å². The van der Waals surface area contributed by atoms with Gasteiger partial charge in [0.2, 0.25) is 11.5 Å². The molecule has 0 radical (unpaired) electrons. The fourth-order valence-electron chi connectivity index (χ4n) is 4.53. The fraction of sp³-hybridized carbons (Fsp3) is 0.364. The van der Waals surface area contributed by atoms with Crippen LogP contribution in [0.15, 0.2) is 30.3 Å². The van der Waals surface area contributed by atoms with Gasteiger partial charge >= 0.3 is 5.69 Å². The predicted octanol–water partition coefficient (Wildman–Crippen LogP) is 4.15. The number of anilines is 1. The van der Waals surface area contributed by atoms with E-state index in [2.05, 4.69) is 0 Å². The summed E-state index contributed by atoms with van der Waals surface area (Å²) >= 11 is 0. The molecular formula is C22H24N2O6. The molecule has 0 aromatic heterocycles. The third-order valence-corrected chi connectivity index (χ3v) is 6.14. The molecule has 0 amide bonds. The molecule has 0 unspecified atom stereocenters. The molecule has 2 aliphatic heterocycles. The van der Waals surface area contributed by atoms with Gasteiger partial charge in [-0.05, 0) is 32.1 Å². The van der Waals surface area contributed by atoms with E-state index in [1.54, 1.807) is 20.3 Å². The maximum Gasteiger partial charge on any atom is 0.315 e. The van der Waals surface area contributed by atoms with Gasteiger partial charge in [-0.15, -0.1) is 0 Å². The van der Waals surface area contributed by atoms with Crippen LogP contribution in [-0.2, 0) is 5.41 Å². The molecule has 2 aliphatic rings. The smallest absolute Gasteiger partial charge is 0.315 e. The minimum atomic E-state index is -0.999. The third kappa shape index (κ3) is 2.46. The topological polar surface area (TPSA) is 83.3 Å². The Morgan fingerprint density at radius 3 is 2.30 bits per heavy atom. The van der Waals surface area contributed by atoms with Crippen LogP contribution in [0.3, 0.4) is 0 Å². The summed E-state index contributed by atoms with van der Waals surface area (Å²) in [5.74, 6) is 1.94. The second-order valence-electron chi connectivity index (χ2n) is 7.86. The van der Waals surface area contributed by atoms with Crippen molar-refractivity contribution in [1.82, 2.24) is 0 Å². The Balaban J connectivity index is 1.93. The van der Waals surface area contributed by atoms with Gasteiger partial charge in [-0.1, -0.05) is 0 Å². The first-order valence-corrected chi connectivity index (χ1v) is 9.45. The van der Waals surface area contributed by atoms with Gasteiger partial charge in [0.25, 0.3) is 0 Å². The summed E-state index contributed by atoms with van der Waals surface area (Å²) in [5.41, 5.74) is 0.671. The summed E-state index contributed by atoms with van der Waals surface area (Å²) in [7, 11) is 6.59. The molecule has 0 fully saturated rings. The van der Waals surface area contributed by atoms with Gasteiger partial charge in [0.05, 0.1) is 43.4 Å². The van der Waals surface area contributed by atoms with E-state index in [4.69, 9.17) is 18.9 Å². The molecule has 2 aromatic rings. The number of methoxy groups -OCH3 is 3. The number of nitrogens with zero attached hydrogens (tertiary/aromatic N) is 2. The summed E-state index contributed by atoms with van der Waals surface area (Å²) in [6.07, 6.45) is 3.78. The van der Waals surface area contributed by atoms with E-state index in [-0.39, 0.29) is 11.4 Å². The highest BCUT2D eigenvalue weighted by Gasteiger charge is 2.60. The van der Waals surface area contributed by atoms with Gasteiger partial charge in [0.1, 0.15) is 17.2 Å². The third-order valence-electron chi connectivity index (χ3n) is 6.14. The monoisotopic (exact) mass is 412 g/mol. The summed E-state index contributed by atoms with van der Waals surface area (Å²) in [6.45, 7) is 4.07. The standard InChI is InChI=1S/C22H24N2O6/c1-21(2)19-16(10-15(28-5)12-18(19)29-6)23(3)22(21)8-7-13-9-14(27-4)11-17(24(25)26)20(13)30-22/h7-12H,1-6H3/t22-/m0/s1. The van der Waals surface area contributed by atoms with E-state index in [0.717, 1.165) is 11.3 Å². The summed E-state index contributed by atoms with van der Waals surface area (Å²) in [6, 6.07) is 6.86. The van der Waals surface area contributed by atoms with Crippen LogP contribution in [0.2, 0.25) is 0 Å². The van der Waals surface area contributed by atoms with Crippen LogP contribution in [-0.4, -0.2) is 39.0 Å². The normalized spacial score (nSPS) is 20.4. The molecule has 0 aliphatic carbocycles. The fourth-order valence-corrected chi connectivity index (χ4v) is 4.53. The molecule has 0 saturated carbocycles. The van der Waals surface area contributed by atoms with Crippen molar-refractivity contribution in [2.45, 2.75) is 25.0 Å². The predicted molar refractivity (Wildman–Crippen MR) is 113 cm³/mol. The van der Waals surface area contributed by atoms with Crippen LogP contribution in [0.4, 0.5) is 11.4 Å². The molecule has 0 bridgehead atoms. The Kier molecular flexibility index (Phi) is 4.34. The average Bonchev–Trinajstić information content (AvgIpc) is 2.90. The number of ether oxygens (including phenoxy) is 4. The van der Waals surface area contributed by atoms with Crippen molar-refractivity contribution in [2.24, 2.45) is 0 Å². The number of nitro groups is 1. The number of nitro benzene ring substituents is 1. The highest BCUT2D eigenvalue weighted by molar-refractivity contribution is 5.78. The molecule has 2 aromatic carbocycles. The molecule has 1 spiro atoms. The summed E-state index contributed by atoms with van der Waals surface area (Å²) in [5, 5.41) is 11.8. The van der Waals surface area contributed by atoms with E-state index >= 15 is 0 Å². The van der Waals surface area contributed by atoms with Gasteiger partial charge < -0.3 is 23.8 Å². The van der Waals surface area contributed by atoms with Crippen molar-refractivity contribution in [2.75, 3.05) is 33.3 Å². The lowest BCUT2D eigenvalue weighted by molar-refractivity contribution is -0.386. The Labute approximate surface area is 174 Å². The molecule has 8 nitrogen and oxygen atoms in total. The molecule has 2 heterocycles. The lowest BCUT2D eigenvalue weighted by atomic mass is 9.76. The van der Waals surface area contributed by atoms with Crippen LogP contribution < -0.4 is 23.8 Å².